The number of ether oxygens (including phenoxy) is 1. The van der Waals surface area contributed by atoms with Gasteiger partial charge in [0.05, 0.1) is 12.2 Å². The molecule has 0 spiro atoms. The van der Waals surface area contributed by atoms with Crippen molar-refractivity contribution < 1.29 is 14.3 Å². The molecular formula is C13H18O3. The van der Waals surface area contributed by atoms with Crippen molar-refractivity contribution in [3.05, 3.63) is 12.2 Å². The monoisotopic (exact) mass is 222 g/mol. The summed E-state index contributed by atoms with van der Waals surface area (Å²) in [5, 5.41) is 0. The van der Waals surface area contributed by atoms with Crippen molar-refractivity contribution >= 4 is 11.6 Å². The standard InChI is InChI=1S/C13H18O3/c1-9(14)4-5-11-12(2)6-10(15)7-13(11,3)16-8-12/h4-5,11H,6-8H2,1-3H3/b5-4+/t11-,12-,13-/m1/s1. The predicted molar refractivity (Wildman–Crippen MR) is 60.0 cm³/mol. The molecular weight excluding hydrogens is 204 g/mol. The molecule has 2 aliphatic rings. The molecule has 0 unspecified atom stereocenters. The minimum atomic E-state index is -0.407. The average Bonchev–Trinajstić information content (AvgIpc) is 2.27. The Balaban J connectivity index is 2.31. The maximum absolute atomic E-state index is 11.6. The summed E-state index contributed by atoms with van der Waals surface area (Å²) in [6, 6.07) is 0. The first-order valence-corrected chi connectivity index (χ1v) is 5.70. The summed E-state index contributed by atoms with van der Waals surface area (Å²) in [5.74, 6) is 0.486. The largest absolute Gasteiger partial charge is 0.374 e. The lowest BCUT2D eigenvalue weighted by molar-refractivity contribution is -0.128. The second-order valence-electron chi connectivity index (χ2n) is 5.60. The Morgan fingerprint density at radius 2 is 2.12 bits per heavy atom. The number of carbonyl (C=O) groups excluding carboxylic acids is 2. The van der Waals surface area contributed by atoms with Gasteiger partial charge in [0, 0.05) is 24.2 Å². The summed E-state index contributed by atoms with van der Waals surface area (Å²) < 4.78 is 5.80. The highest BCUT2D eigenvalue weighted by Gasteiger charge is 2.57. The molecule has 3 nitrogen and oxygen atoms in total. The Labute approximate surface area is 95.9 Å². The van der Waals surface area contributed by atoms with E-state index in [0.717, 1.165) is 0 Å². The molecule has 88 valence electrons. The summed E-state index contributed by atoms with van der Waals surface area (Å²) in [7, 11) is 0. The van der Waals surface area contributed by atoms with Crippen LogP contribution in [0.4, 0.5) is 0 Å². The van der Waals surface area contributed by atoms with Crippen molar-refractivity contribution in [3.8, 4) is 0 Å². The highest BCUT2D eigenvalue weighted by molar-refractivity contribution is 5.87. The first-order chi connectivity index (χ1) is 7.36. The molecule has 1 saturated heterocycles. The van der Waals surface area contributed by atoms with Crippen molar-refractivity contribution in [1.82, 2.24) is 0 Å². The second kappa shape index (κ2) is 3.52. The van der Waals surface area contributed by atoms with Crippen LogP contribution in [0.25, 0.3) is 0 Å². The number of fused-ring (bicyclic) bond motifs is 2. The number of Topliss-reactive ketones (excluding diaryl/α,β-unsaturated/α-hetero) is 1. The van der Waals surface area contributed by atoms with Crippen LogP contribution in [0.2, 0.25) is 0 Å². The van der Waals surface area contributed by atoms with Gasteiger partial charge in [0.25, 0.3) is 0 Å². The maximum Gasteiger partial charge on any atom is 0.152 e. The quantitative estimate of drug-likeness (QED) is 0.670. The summed E-state index contributed by atoms with van der Waals surface area (Å²) in [6.07, 6.45) is 4.57. The van der Waals surface area contributed by atoms with Crippen LogP contribution in [-0.4, -0.2) is 23.8 Å². The third kappa shape index (κ3) is 1.73. The van der Waals surface area contributed by atoms with E-state index in [1.807, 2.05) is 13.0 Å². The highest BCUT2D eigenvalue weighted by atomic mass is 16.5. The lowest BCUT2D eigenvalue weighted by Gasteiger charge is -2.39. The van der Waals surface area contributed by atoms with Crippen molar-refractivity contribution in [2.24, 2.45) is 11.3 Å². The SMILES string of the molecule is CC(=O)/C=C/[C@@H]1[C@@]2(C)CO[C@]1(C)CC(=O)C2. The molecule has 16 heavy (non-hydrogen) atoms. The van der Waals surface area contributed by atoms with Gasteiger partial charge in [-0.1, -0.05) is 13.0 Å². The third-order valence-corrected chi connectivity index (χ3v) is 3.81. The summed E-state index contributed by atoms with van der Waals surface area (Å²) in [6.45, 7) is 6.20. The van der Waals surface area contributed by atoms with Gasteiger partial charge in [0.15, 0.2) is 5.78 Å². The number of hydrogen-bond acceptors (Lipinski definition) is 3. The Kier molecular flexibility index (Phi) is 2.54. The molecule has 3 atom stereocenters. The third-order valence-electron chi connectivity index (χ3n) is 3.81. The normalized spacial score (nSPS) is 42.9. The van der Waals surface area contributed by atoms with E-state index in [1.165, 1.54) is 6.92 Å². The van der Waals surface area contributed by atoms with Gasteiger partial charge in [-0.3, -0.25) is 9.59 Å². The minimum absolute atomic E-state index is 0.0449. The van der Waals surface area contributed by atoms with Crippen LogP contribution in [0.1, 0.15) is 33.6 Å². The van der Waals surface area contributed by atoms with Gasteiger partial charge < -0.3 is 4.74 Å². The Morgan fingerprint density at radius 1 is 1.44 bits per heavy atom. The zero-order valence-corrected chi connectivity index (χ0v) is 10.1. The lowest BCUT2D eigenvalue weighted by Crippen LogP contribution is -2.44. The van der Waals surface area contributed by atoms with Gasteiger partial charge in [0.1, 0.15) is 5.78 Å². The molecule has 0 amide bonds. The van der Waals surface area contributed by atoms with Crippen molar-refractivity contribution in [2.45, 2.75) is 39.2 Å². The van der Waals surface area contributed by atoms with Gasteiger partial charge in [-0.2, -0.15) is 0 Å². The number of rotatable bonds is 2. The zero-order chi connectivity index (χ0) is 12.0. The average molecular weight is 222 g/mol. The van der Waals surface area contributed by atoms with E-state index in [2.05, 4.69) is 6.92 Å². The fourth-order valence-electron chi connectivity index (χ4n) is 3.14. The molecule has 1 heterocycles. The molecule has 0 aromatic rings. The van der Waals surface area contributed by atoms with Crippen LogP contribution >= 0.6 is 0 Å². The molecule has 1 aliphatic carbocycles. The van der Waals surface area contributed by atoms with Crippen molar-refractivity contribution in [2.75, 3.05) is 6.61 Å². The number of hydrogen-bond donors (Lipinski definition) is 0. The van der Waals surface area contributed by atoms with Crippen LogP contribution in [0.5, 0.6) is 0 Å². The summed E-state index contributed by atoms with van der Waals surface area (Å²) in [5.41, 5.74) is -0.536. The van der Waals surface area contributed by atoms with E-state index >= 15 is 0 Å². The predicted octanol–water partition coefficient (Wildman–Crippen LogP) is 1.91. The summed E-state index contributed by atoms with van der Waals surface area (Å²) in [4.78, 5) is 22.6. The molecule has 1 aliphatic heterocycles. The van der Waals surface area contributed by atoms with Crippen LogP contribution < -0.4 is 0 Å². The minimum Gasteiger partial charge on any atom is -0.374 e. The van der Waals surface area contributed by atoms with Crippen molar-refractivity contribution in [3.63, 3.8) is 0 Å². The van der Waals surface area contributed by atoms with Gasteiger partial charge >= 0.3 is 0 Å². The molecule has 2 fully saturated rings. The zero-order valence-electron chi connectivity index (χ0n) is 10.1. The Bertz CT molecular complexity index is 349. The van der Waals surface area contributed by atoms with Crippen LogP contribution in [0, 0.1) is 11.3 Å². The molecule has 2 rings (SSSR count). The Hall–Kier alpha value is -0.960. The van der Waals surface area contributed by atoms with Crippen LogP contribution in [-0.2, 0) is 14.3 Å². The molecule has 1 saturated carbocycles. The van der Waals surface area contributed by atoms with Gasteiger partial charge in [-0.05, 0) is 19.9 Å². The highest BCUT2D eigenvalue weighted by Crippen LogP contribution is 2.53. The van der Waals surface area contributed by atoms with E-state index in [1.54, 1.807) is 6.08 Å². The Morgan fingerprint density at radius 3 is 2.69 bits per heavy atom. The smallest absolute Gasteiger partial charge is 0.152 e. The molecule has 2 bridgehead atoms. The van der Waals surface area contributed by atoms with E-state index in [4.69, 9.17) is 4.74 Å². The number of allylic oxidation sites excluding steroid dienone is 1. The van der Waals surface area contributed by atoms with Gasteiger partial charge in [0.2, 0.25) is 0 Å². The lowest BCUT2D eigenvalue weighted by atomic mass is 9.63. The van der Waals surface area contributed by atoms with E-state index in [0.29, 0.717) is 19.4 Å². The summed E-state index contributed by atoms with van der Waals surface area (Å²) >= 11 is 0. The number of ketones is 2. The second-order valence-corrected chi connectivity index (χ2v) is 5.60. The van der Waals surface area contributed by atoms with Gasteiger partial charge in [-0.25, -0.2) is 0 Å². The molecule has 0 aromatic heterocycles. The topological polar surface area (TPSA) is 43.4 Å². The van der Waals surface area contributed by atoms with E-state index in [9.17, 15) is 9.59 Å². The van der Waals surface area contributed by atoms with Crippen molar-refractivity contribution in [1.29, 1.82) is 0 Å². The molecule has 3 heteroatoms. The molecule has 0 radical (unpaired) electrons. The molecule has 0 aromatic carbocycles. The maximum atomic E-state index is 11.6. The number of carbonyl (C=O) groups is 2. The molecule has 0 N–H and O–H groups in total. The van der Waals surface area contributed by atoms with Crippen LogP contribution in [0.15, 0.2) is 12.2 Å². The fraction of sp³-hybridized carbons (Fsp3) is 0.692. The van der Waals surface area contributed by atoms with E-state index < -0.39 is 5.60 Å². The first kappa shape index (κ1) is 11.5. The van der Waals surface area contributed by atoms with Crippen LogP contribution in [0.3, 0.4) is 0 Å². The fourth-order valence-corrected chi connectivity index (χ4v) is 3.14. The van der Waals surface area contributed by atoms with E-state index in [-0.39, 0.29) is 22.9 Å². The first-order valence-electron chi connectivity index (χ1n) is 5.70. The van der Waals surface area contributed by atoms with Gasteiger partial charge in [-0.15, -0.1) is 0 Å².